The summed E-state index contributed by atoms with van der Waals surface area (Å²) < 4.78 is 0. The van der Waals surface area contributed by atoms with Gasteiger partial charge in [-0.3, -0.25) is 14.7 Å². The number of β-amino-alcohol motifs (C(OH)–C–C–N with tert-alkyl or cyclic N) is 1. The van der Waals surface area contributed by atoms with Gasteiger partial charge in [-0.1, -0.05) is 23.2 Å². The summed E-state index contributed by atoms with van der Waals surface area (Å²) >= 11 is 12.0. The average Bonchev–Trinajstić information content (AvgIpc) is 2.41. The number of amides is 1. The van der Waals surface area contributed by atoms with Gasteiger partial charge in [-0.2, -0.15) is 0 Å². The van der Waals surface area contributed by atoms with Gasteiger partial charge < -0.3 is 10.0 Å². The second kappa shape index (κ2) is 7.13. The Morgan fingerprint density at radius 3 is 2.86 bits per heavy atom. The summed E-state index contributed by atoms with van der Waals surface area (Å²) in [6, 6.07) is 1.66. The first-order valence-electron chi connectivity index (χ1n) is 7.24. The molecule has 0 aromatic carbocycles. The normalized spacial score (nSPS) is 22.6. The molecule has 1 aromatic heterocycles. The summed E-state index contributed by atoms with van der Waals surface area (Å²) in [4.78, 5) is 19.7. The molecule has 0 radical (unpaired) electrons. The maximum absolute atomic E-state index is 11.9. The molecule has 1 aliphatic heterocycles. The molecule has 2 heterocycles. The van der Waals surface area contributed by atoms with Crippen LogP contribution in [0.3, 0.4) is 0 Å². The third-order valence-electron chi connectivity index (χ3n) is 3.87. The van der Waals surface area contributed by atoms with E-state index in [1.54, 1.807) is 26.4 Å². The number of hydrogen-bond donors (Lipinski definition) is 1. The van der Waals surface area contributed by atoms with Crippen LogP contribution in [-0.4, -0.2) is 58.6 Å². The van der Waals surface area contributed by atoms with E-state index in [1.807, 2.05) is 0 Å². The van der Waals surface area contributed by atoms with Crippen LogP contribution in [0.25, 0.3) is 0 Å². The van der Waals surface area contributed by atoms with Crippen LogP contribution in [0.1, 0.15) is 25.0 Å². The number of aromatic nitrogens is 1. The highest BCUT2D eigenvalue weighted by Gasteiger charge is 2.36. The highest BCUT2D eigenvalue weighted by atomic mass is 35.5. The van der Waals surface area contributed by atoms with Crippen LogP contribution >= 0.6 is 23.2 Å². The maximum Gasteiger partial charge on any atom is 0.224 e. The first kappa shape index (κ1) is 17.5. The highest BCUT2D eigenvalue weighted by Crippen LogP contribution is 2.27. The van der Waals surface area contributed by atoms with Gasteiger partial charge in [-0.25, -0.2) is 0 Å². The Labute approximate surface area is 140 Å². The van der Waals surface area contributed by atoms with Crippen LogP contribution in [-0.2, 0) is 11.3 Å². The molecular weight excluding hydrogens is 325 g/mol. The quantitative estimate of drug-likeness (QED) is 0.908. The molecule has 1 fully saturated rings. The van der Waals surface area contributed by atoms with Gasteiger partial charge in [0, 0.05) is 33.4 Å². The van der Waals surface area contributed by atoms with Gasteiger partial charge in [0.05, 0.1) is 27.8 Å². The second-order valence-corrected chi connectivity index (χ2v) is 6.93. The van der Waals surface area contributed by atoms with Crippen LogP contribution in [0.4, 0.5) is 0 Å². The molecule has 122 valence electrons. The summed E-state index contributed by atoms with van der Waals surface area (Å²) in [5.74, 6) is -0.0630. The van der Waals surface area contributed by atoms with Gasteiger partial charge in [0.1, 0.15) is 0 Å². The fraction of sp³-hybridized carbons (Fsp3) is 0.600. The van der Waals surface area contributed by atoms with E-state index in [9.17, 15) is 9.90 Å². The minimum Gasteiger partial charge on any atom is -0.388 e. The molecule has 7 heteroatoms. The Kier molecular flexibility index (Phi) is 5.66. The molecule has 0 spiro atoms. The van der Waals surface area contributed by atoms with E-state index in [1.165, 1.54) is 4.90 Å². The fourth-order valence-corrected chi connectivity index (χ4v) is 3.14. The standard InChI is InChI=1S/C15H21Cl2N3O2/c1-19(2)14(21)7-15(22)4-3-5-20(10-15)9-13-12(17)6-11(16)8-18-13/h6,8,22H,3-5,7,9-10H2,1-2H3. The minimum atomic E-state index is -0.988. The summed E-state index contributed by atoms with van der Waals surface area (Å²) in [7, 11) is 3.40. The number of nitrogens with zero attached hydrogens (tertiary/aromatic N) is 3. The summed E-state index contributed by atoms with van der Waals surface area (Å²) in [5, 5.41) is 11.7. The first-order chi connectivity index (χ1) is 10.3. The maximum atomic E-state index is 11.9. The lowest BCUT2D eigenvalue weighted by atomic mass is 9.89. The van der Waals surface area contributed by atoms with Crippen LogP contribution in [0.15, 0.2) is 12.3 Å². The van der Waals surface area contributed by atoms with Crippen molar-refractivity contribution in [2.75, 3.05) is 27.2 Å². The number of carbonyl (C=O) groups excluding carboxylic acids is 1. The number of rotatable bonds is 4. The van der Waals surface area contributed by atoms with Crippen molar-refractivity contribution in [3.05, 3.63) is 28.0 Å². The molecule has 1 amide bonds. The Morgan fingerprint density at radius 1 is 1.50 bits per heavy atom. The predicted octanol–water partition coefficient (Wildman–Crippen LogP) is 2.19. The van der Waals surface area contributed by atoms with Gasteiger partial charge in [0.2, 0.25) is 5.91 Å². The van der Waals surface area contributed by atoms with E-state index >= 15 is 0 Å². The van der Waals surface area contributed by atoms with E-state index in [2.05, 4.69) is 9.88 Å². The Hall–Kier alpha value is -0.880. The average molecular weight is 346 g/mol. The molecule has 0 aliphatic carbocycles. The summed E-state index contributed by atoms with van der Waals surface area (Å²) in [6.45, 7) is 1.82. The molecule has 1 unspecified atom stereocenters. The number of hydrogen-bond acceptors (Lipinski definition) is 4. The van der Waals surface area contributed by atoms with E-state index in [0.29, 0.717) is 29.6 Å². The van der Waals surface area contributed by atoms with Gasteiger partial charge >= 0.3 is 0 Å². The van der Waals surface area contributed by atoms with Crippen LogP contribution < -0.4 is 0 Å². The number of aliphatic hydroxyl groups is 1. The fourth-order valence-electron chi connectivity index (χ4n) is 2.70. The van der Waals surface area contributed by atoms with Crippen LogP contribution in [0, 0.1) is 0 Å². The molecule has 2 rings (SSSR count). The smallest absolute Gasteiger partial charge is 0.224 e. The Balaban J connectivity index is 2.02. The van der Waals surface area contributed by atoms with Crippen molar-refractivity contribution in [3.63, 3.8) is 0 Å². The summed E-state index contributed by atoms with van der Waals surface area (Å²) in [6.07, 6.45) is 3.17. The zero-order valence-corrected chi connectivity index (χ0v) is 14.4. The molecule has 22 heavy (non-hydrogen) atoms. The third kappa shape index (κ3) is 4.56. The number of likely N-dealkylation sites (tertiary alicyclic amines) is 1. The first-order valence-corrected chi connectivity index (χ1v) is 7.99. The number of piperidine rings is 1. The van der Waals surface area contributed by atoms with Gasteiger partial charge in [-0.05, 0) is 25.5 Å². The molecule has 1 aromatic rings. The SMILES string of the molecule is CN(C)C(=O)CC1(O)CCCN(Cc2ncc(Cl)cc2Cl)C1. The van der Waals surface area contributed by atoms with Crippen LogP contribution in [0.5, 0.6) is 0 Å². The molecular formula is C15H21Cl2N3O2. The van der Waals surface area contributed by atoms with Crippen molar-refractivity contribution >= 4 is 29.1 Å². The zero-order chi connectivity index (χ0) is 16.3. The van der Waals surface area contributed by atoms with E-state index < -0.39 is 5.60 Å². The lowest BCUT2D eigenvalue weighted by molar-refractivity contribution is -0.136. The number of halogens is 2. The van der Waals surface area contributed by atoms with Crippen molar-refractivity contribution in [1.29, 1.82) is 0 Å². The zero-order valence-electron chi connectivity index (χ0n) is 12.9. The van der Waals surface area contributed by atoms with E-state index in [4.69, 9.17) is 23.2 Å². The van der Waals surface area contributed by atoms with Crippen molar-refractivity contribution in [2.24, 2.45) is 0 Å². The topological polar surface area (TPSA) is 56.7 Å². The monoisotopic (exact) mass is 345 g/mol. The van der Waals surface area contributed by atoms with Crippen molar-refractivity contribution in [2.45, 2.75) is 31.4 Å². The number of pyridine rings is 1. The molecule has 0 saturated carbocycles. The summed E-state index contributed by atoms with van der Waals surface area (Å²) in [5.41, 5.74) is -0.257. The van der Waals surface area contributed by atoms with E-state index in [0.717, 1.165) is 18.7 Å². The largest absolute Gasteiger partial charge is 0.388 e. The minimum absolute atomic E-state index is 0.0630. The molecule has 1 aliphatic rings. The van der Waals surface area contributed by atoms with E-state index in [-0.39, 0.29) is 12.3 Å². The van der Waals surface area contributed by atoms with Crippen molar-refractivity contribution < 1.29 is 9.90 Å². The molecule has 1 saturated heterocycles. The molecule has 1 atom stereocenters. The molecule has 0 bridgehead atoms. The van der Waals surface area contributed by atoms with Gasteiger partial charge in [0.15, 0.2) is 0 Å². The van der Waals surface area contributed by atoms with Crippen molar-refractivity contribution in [1.82, 2.24) is 14.8 Å². The van der Waals surface area contributed by atoms with Crippen LogP contribution in [0.2, 0.25) is 10.0 Å². The van der Waals surface area contributed by atoms with Crippen molar-refractivity contribution in [3.8, 4) is 0 Å². The second-order valence-electron chi connectivity index (χ2n) is 6.09. The third-order valence-corrected chi connectivity index (χ3v) is 4.40. The highest BCUT2D eigenvalue weighted by molar-refractivity contribution is 6.34. The predicted molar refractivity (Wildman–Crippen MR) is 87.0 cm³/mol. The Bertz CT molecular complexity index is 554. The van der Waals surface area contributed by atoms with Gasteiger partial charge in [-0.15, -0.1) is 0 Å². The molecule has 1 N–H and O–H groups in total. The number of carbonyl (C=O) groups is 1. The Morgan fingerprint density at radius 2 is 2.23 bits per heavy atom. The van der Waals surface area contributed by atoms with Gasteiger partial charge in [0.25, 0.3) is 0 Å². The molecule has 5 nitrogen and oxygen atoms in total. The lowest BCUT2D eigenvalue weighted by Gasteiger charge is -2.39. The lowest BCUT2D eigenvalue weighted by Crippen LogP contribution is -2.50.